The lowest BCUT2D eigenvalue weighted by Gasteiger charge is -2.26. The van der Waals surface area contributed by atoms with Crippen LogP contribution in [0.5, 0.6) is 0 Å². The molecule has 3 aromatic carbocycles. The van der Waals surface area contributed by atoms with Crippen molar-refractivity contribution < 1.29 is 0 Å². The number of para-hydroxylation sites is 1. The van der Waals surface area contributed by atoms with Crippen molar-refractivity contribution in [2.75, 3.05) is 0 Å². The third-order valence-electron chi connectivity index (χ3n) is 6.23. The molecule has 0 atom stereocenters. The zero-order valence-corrected chi connectivity index (χ0v) is 19.0. The van der Waals surface area contributed by atoms with Gasteiger partial charge in [-0.3, -0.25) is 0 Å². The van der Waals surface area contributed by atoms with Crippen molar-refractivity contribution in [3.63, 3.8) is 0 Å². The second-order valence-corrected chi connectivity index (χ2v) is 9.48. The van der Waals surface area contributed by atoms with E-state index >= 15 is 0 Å². The number of rotatable bonds is 3. The number of fused-ring (bicyclic) bond motifs is 4. The molecule has 4 nitrogen and oxygen atoms in total. The van der Waals surface area contributed by atoms with Crippen LogP contribution >= 0.6 is 23.2 Å². The van der Waals surface area contributed by atoms with Gasteiger partial charge in [-0.15, -0.1) is 0 Å². The highest BCUT2D eigenvalue weighted by atomic mass is 35.5. The summed E-state index contributed by atoms with van der Waals surface area (Å²) in [7, 11) is 0. The predicted octanol–water partition coefficient (Wildman–Crippen LogP) is 7.05. The fourth-order valence-corrected chi connectivity index (χ4v) is 5.22. The smallest absolute Gasteiger partial charge is 0.222 e. The molecule has 0 bridgehead atoms. The average Bonchev–Trinajstić information content (AvgIpc) is 3.09. The molecule has 6 heteroatoms. The molecule has 0 unspecified atom stereocenters. The Labute approximate surface area is 195 Å². The summed E-state index contributed by atoms with van der Waals surface area (Å²) >= 11 is 12.7. The van der Waals surface area contributed by atoms with Gasteiger partial charge in [-0.2, -0.15) is 0 Å². The molecule has 0 aliphatic heterocycles. The van der Waals surface area contributed by atoms with Gasteiger partial charge in [-0.25, -0.2) is 19.9 Å². The third kappa shape index (κ3) is 2.90. The van der Waals surface area contributed by atoms with E-state index in [1.807, 2.05) is 36.4 Å². The van der Waals surface area contributed by atoms with E-state index < -0.39 is 0 Å². The number of benzene rings is 3. The first kappa shape index (κ1) is 19.6. The first-order valence-electron chi connectivity index (χ1n) is 10.4. The van der Waals surface area contributed by atoms with Gasteiger partial charge in [0.05, 0.1) is 22.4 Å². The molecular formula is C26H18Cl2N4. The number of halogens is 2. The summed E-state index contributed by atoms with van der Waals surface area (Å²) < 4.78 is 0. The molecule has 1 aliphatic carbocycles. The Kier molecular flexibility index (Phi) is 4.26. The van der Waals surface area contributed by atoms with Gasteiger partial charge < -0.3 is 0 Å². The zero-order valence-electron chi connectivity index (χ0n) is 17.5. The van der Waals surface area contributed by atoms with Crippen LogP contribution in [0.25, 0.3) is 44.2 Å². The van der Waals surface area contributed by atoms with Gasteiger partial charge in [-0.1, -0.05) is 68.4 Å². The molecule has 0 fully saturated rings. The molecule has 1 aliphatic rings. The van der Waals surface area contributed by atoms with Crippen molar-refractivity contribution in [3.8, 4) is 22.4 Å². The standard InChI is InChI=1S/C26H18Cl2N4/c1-26(2,23-18-9-5-6-10-19(18)29-24(27)32-23)13-14-11-12-16-15-7-3-4-8-17(15)22-20(16)21(14)30-25(28)31-22/h3-12H,13H2,1-2H3. The van der Waals surface area contributed by atoms with Crippen molar-refractivity contribution in [1.29, 1.82) is 0 Å². The van der Waals surface area contributed by atoms with Crippen LogP contribution in [0.15, 0.2) is 60.7 Å². The van der Waals surface area contributed by atoms with Crippen LogP contribution in [0.1, 0.15) is 25.1 Å². The van der Waals surface area contributed by atoms with E-state index in [1.165, 1.54) is 5.56 Å². The van der Waals surface area contributed by atoms with Gasteiger partial charge in [0.1, 0.15) is 0 Å². The number of aromatic nitrogens is 4. The maximum Gasteiger partial charge on any atom is 0.223 e. The van der Waals surface area contributed by atoms with Crippen molar-refractivity contribution in [2.24, 2.45) is 0 Å². The van der Waals surface area contributed by atoms with Crippen LogP contribution < -0.4 is 0 Å². The van der Waals surface area contributed by atoms with Crippen LogP contribution in [0.3, 0.4) is 0 Å². The van der Waals surface area contributed by atoms with Gasteiger partial charge >= 0.3 is 0 Å². The summed E-state index contributed by atoms with van der Waals surface area (Å²) in [6.45, 7) is 4.35. The minimum atomic E-state index is -0.320. The highest BCUT2D eigenvalue weighted by Gasteiger charge is 2.30. The van der Waals surface area contributed by atoms with Crippen LogP contribution in [0, 0.1) is 0 Å². The van der Waals surface area contributed by atoms with E-state index in [9.17, 15) is 0 Å². The maximum absolute atomic E-state index is 6.39. The predicted molar refractivity (Wildman–Crippen MR) is 130 cm³/mol. The molecule has 2 heterocycles. The summed E-state index contributed by atoms with van der Waals surface area (Å²) in [6, 6.07) is 20.6. The van der Waals surface area contributed by atoms with E-state index in [4.69, 9.17) is 23.2 Å². The number of hydrogen-bond acceptors (Lipinski definition) is 4. The van der Waals surface area contributed by atoms with Crippen molar-refractivity contribution in [1.82, 2.24) is 19.9 Å². The molecule has 2 aromatic heterocycles. The molecule has 0 radical (unpaired) electrons. The third-order valence-corrected chi connectivity index (χ3v) is 6.57. The lowest BCUT2D eigenvalue weighted by Crippen LogP contribution is -2.23. The molecule has 6 rings (SSSR count). The van der Waals surface area contributed by atoms with E-state index in [-0.39, 0.29) is 16.0 Å². The zero-order chi connectivity index (χ0) is 22.0. The van der Waals surface area contributed by atoms with Crippen LogP contribution in [0.4, 0.5) is 0 Å². The van der Waals surface area contributed by atoms with Crippen molar-refractivity contribution >= 4 is 45.0 Å². The quantitative estimate of drug-likeness (QED) is 0.267. The topological polar surface area (TPSA) is 51.6 Å². The number of nitrogens with zero attached hydrogens (tertiary/aromatic N) is 4. The monoisotopic (exact) mass is 456 g/mol. The Hall–Kier alpha value is -3.08. The van der Waals surface area contributed by atoms with Gasteiger partial charge in [-0.05, 0) is 52.4 Å². The first-order valence-corrected chi connectivity index (χ1v) is 11.2. The Morgan fingerprint density at radius 2 is 1.44 bits per heavy atom. The highest BCUT2D eigenvalue weighted by Crippen LogP contribution is 2.47. The molecular weight excluding hydrogens is 439 g/mol. The molecule has 0 saturated carbocycles. The summed E-state index contributed by atoms with van der Waals surface area (Å²) in [5.41, 5.74) is 7.77. The first-order chi connectivity index (χ1) is 15.4. The Morgan fingerprint density at radius 1 is 0.719 bits per heavy atom. The van der Waals surface area contributed by atoms with Crippen LogP contribution in [-0.2, 0) is 11.8 Å². The minimum absolute atomic E-state index is 0.257. The van der Waals surface area contributed by atoms with Crippen molar-refractivity contribution in [2.45, 2.75) is 25.7 Å². The summed E-state index contributed by atoms with van der Waals surface area (Å²) in [4.78, 5) is 18.3. The normalized spacial score (nSPS) is 12.5. The van der Waals surface area contributed by atoms with E-state index in [2.05, 4.69) is 58.0 Å². The maximum atomic E-state index is 6.39. The molecule has 0 N–H and O–H groups in total. The molecule has 5 aromatic rings. The largest absolute Gasteiger partial charge is 0.223 e. The lowest BCUT2D eigenvalue weighted by atomic mass is 9.80. The van der Waals surface area contributed by atoms with Crippen LogP contribution in [0.2, 0.25) is 10.6 Å². The second-order valence-electron chi connectivity index (χ2n) is 8.80. The van der Waals surface area contributed by atoms with Crippen LogP contribution in [-0.4, -0.2) is 19.9 Å². The minimum Gasteiger partial charge on any atom is -0.222 e. The van der Waals surface area contributed by atoms with E-state index in [1.54, 1.807) is 0 Å². The Bertz CT molecular complexity index is 1560. The van der Waals surface area contributed by atoms with Crippen molar-refractivity contribution in [3.05, 3.63) is 82.5 Å². The summed E-state index contributed by atoms with van der Waals surface area (Å²) in [5, 5.41) is 2.59. The molecule has 0 saturated heterocycles. The number of hydrogen-bond donors (Lipinski definition) is 0. The second kappa shape index (κ2) is 6.96. The van der Waals surface area contributed by atoms with Gasteiger partial charge in [0.25, 0.3) is 0 Å². The van der Waals surface area contributed by atoms with Gasteiger partial charge in [0, 0.05) is 21.8 Å². The molecule has 32 heavy (non-hydrogen) atoms. The van der Waals surface area contributed by atoms with E-state index in [0.717, 1.165) is 49.9 Å². The molecule has 156 valence electrons. The Morgan fingerprint density at radius 3 is 2.28 bits per heavy atom. The molecule has 0 amide bonds. The fourth-order valence-electron chi connectivity index (χ4n) is 4.88. The summed E-state index contributed by atoms with van der Waals surface area (Å²) in [5.74, 6) is 0. The summed E-state index contributed by atoms with van der Waals surface area (Å²) in [6.07, 6.45) is 0.713. The highest BCUT2D eigenvalue weighted by molar-refractivity contribution is 6.29. The van der Waals surface area contributed by atoms with Gasteiger partial charge in [0.15, 0.2) is 0 Å². The lowest BCUT2D eigenvalue weighted by molar-refractivity contribution is 0.511. The average molecular weight is 457 g/mol. The Balaban J connectivity index is 1.54. The SMILES string of the molecule is CC(C)(Cc1ccc2c3c(nc(Cl)nc13)-c1ccccc1-2)c1nc(Cl)nc2ccccc12. The van der Waals surface area contributed by atoms with Gasteiger partial charge in [0.2, 0.25) is 10.6 Å². The fraction of sp³-hybridized carbons (Fsp3) is 0.154. The molecule has 0 spiro atoms. The van der Waals surface area contributed by atoms with E-state index in [0.29, 0.717) is 6.42 Å².